The molecule has 0 N–H and O–H groups in total. The molecular weight excluding hydrogens is 198 g/mol. The van der Waals surface area contributed by atoms with Gasteiger partial charge in [-0.1, -0.05) is 29.8 Å². The third kappa shape index (κ3) is 2.33. The standard InChI is InChI=1S/C14H19NO/c1-11-5-7-13(8-6-11)14(16)12(2)15-9-3-4-10-15/h5-8,12H,3-4,9-10H2,1-2H3/i3D2,4D2,9D2,10D2. The average Bonchev–Trinajstić information content (AvgIpc) is 2.52. The van der Waals surface area contributed by atoms with Crippen molar-refractivity contribution in [3.63, 3.8) is 0 Å². The minimum Gasteiger partial charge on any atom is -0.294 e. The van der Waals surface area contributed by atoms with E-state index in [-0.39, 0.29) is 5.56 Å². The molecule has 1 aromatic carbocycles. The van der Waals surface area contributed by atoms with Crippen LogP contribution in [0, 0.1) is 6.92 Å². The molecule has 16 heavy (non-hydrogen) atoms. The highest BCUT2D eigenvalue weighted by atomic mass is 16.1. The summed E-state index contributed by atoms with van der Waals surface area (Å²) in [5.74, 6) is -0.601. The highest BCUT2D eigenvalue weighted by molar-refractivity contribution is 5.99. The Balaban J connectivity index is 2.49. The summed E-state index contributed by atoms with van der Waals surface area (Å²) in [5.41, 5.74) is 1.14. The van der Waals surface area contributed by atoms with Gasteiger partial charge in [0.1, 0.15) is 0 Å². The van der Waals surface area contributed by atoms with Crippen molar-refractivity contribution >= 4 is 5.78 Å². The van der Waals surface area contributed by atoms with Crippen LogP contribution in [0.1, 0.15) is 46.6 Å². The maximum atomic E-state index is 12.6. The Kier molecular flexibility index (Phi) is 1.50. The van der Waals surface area contributed by atoms with Gasteiger partial charge in [0.15, 0.2) is 5.78 Å². The fourth-order valence-corrected chi connectivity index (χ4v) is 1.47. The SMILES string of the molecule is [2H]C1([2H])N(C(C)C(=O)c2ccc(C)cc2)C([2H])([2H])C([2H])([2H])C1([2H])[2H]. The molecule has 1 aliphatic heterocycles. The lowest BCUT2D eigenvalue weighted by atomic mass is 10.0. The quantitative estimate of drug-likeness (QED) is 0.737. The van der Waals surface area contributed by atoms with E-state index in [0.29, 0.717) is 4.90 Å². The number of aryl methyl sites for hydroxylation is 1. The molecule has 2 rings (SSSR count). The molecule has 0 spiro atoms. The predicted molar refractivity (Wildman–Crippen MR) is 65.8 cm³/mol. The van der Waals surface area contributed by atoms with E-state index in [4.69, 9.17) is 11.0 Å². The van der Waals surface area contributed by atoms with E-state index in [1.54, 1.807) is 12.1 Å². The molecule has 0 radical (unpaired) electrons. The lowest BCUT2D eigenvalue weighted by molar-refractivity contribution is 0.0867. The zero-order valence-electron chi connectivity index (χ0n) is 17.2. The van der Waals surface area contributed by atoms with Crippen molar-refractivity contribution in [2.45, 2.75) is 32.6 Å². The van der Waals surface area contributed by atoms with Crippen LogP contribution in [0.5, 0.6) is 0 Å². The van der Waals surface area contributed by atoms with Gasteiger partial charge in [0.25, 0.3) is 0 Å². The fraction of sp³-hybridized carbons (Fsp3) is 0.500. The van der Waals surface area contributed by atoms with Gasteiger partial charge in [-0.25, -0.2) is 0 Å². The van der Waals surface area contributed by atoms with Crippen LogP contribution in [0.2, 0.25) is 0 Å². The third-order valence-electron chi connectivity index (χ3n) is 2.52. The lowest BCUT2D eigenvalue weighted by Crippen LogP contribution is -2.36. The first kappa shape index (κ1) is 5.01. The highest BCUT2D eigenvalue weighted by Gasteiger charge is 2.24. The number of rotatable bonds is 3. The molecule has 1 heterocycles. The average molecular weight is 225 g/mol. The molecule has 1 aliphatic rings. The maximum Gasteiger partial charge on any atom is 0.179 e. The largest absolute Gasteiger partial charge is 0.294 e. The number of nitrogens with zero attached hydrogens (tertiary/aromatic N) is 1. The third-order valence-corrected chi connectivity index (χ3v) is 2.52. The summed E-state index contributed by atoms with van der Waals surface area (Å²) in [4.78, 5) is 13.0. The van der Waals surface area contributed by atoms with E-state index < -0.39 is 37.6 Å². The number of carbonyl (C=O) groups is 1. The van der Waals surface area contributed by atoms with E-state index in [0.717, 1.165) is 5.56 Å². The van der Waals surface area contributed by atoms with E-state index in [9.17, 15) is 4.79 Å². The normalized spacial score (nSPS) is 38.6. The minimum absolute atomic E-state index is 0.229. The molecule has 86 valence electrons. The Bertz CT molecular complexity index is 629. The molecule has 0 amide bonds. The van der Waals surface area contributed by atoms with Gasteiger partial charge in [0, 0.05) is 16.5 Å². The van der Waals surface area contributed by atoms with Crippen LogP contribution in [0.15, 0.2) is 24.3 Å². The van der Waals surface area contributed by atoms with Crippen LogP contribution in [-0.2, 0) is 0 Å². The van der Waals surface area contributed by atoms with Gasteiger partial charge in [0.05, 0.1) is 6.04 Å². The van der Waals surface area contributed by atoms with Crippen molar-refractivity contribution in [2.75, 3.05) is 13.0 Å². The van der Waals surface area contributed by atoms with E-state index in [1.807, 2.05) is 6.92 Å². The van der Waals surface area contributed by atoms with Gasteiger partial charge in [-0.15, -0.1) is 0 Å². The van der Waals surface area contributed by atoms with Crippen molar-refractivity contribution in [1.29, 1.82) is 0 Å². The van der Waals surface area contributed by atoms with Gasteiger partial charge in [-0.05, 0) is 39.6 Å². The van der Waals surface area contributed by atoms with Gasteiger partial charge < -0.3 is 0 Å². The summed E-state index contributed by atoms with van der Waals surface area (Å²) in [6, 6.07) is 5.04. The summed E-state index contributed by atoms with van der Waals surface area (Å²) in [5, 5.41) is 0. The van der Waals surface area contributed by atoms with E-state index >= 15 is 0 Å². The molecule has 0 saturated carbocycles. The van der Waals surface area contributed by atoms with Crippen LogP contribution in [0.4, 0.5) is 0 Å². The summed E-state index contributed by atoms with van der Waals surface area (Å²) in [6.45, 7) is -2.91. The van der Waals surface area contributed by atoms with Crippen molar-refractivity contribution in [3.05, 3.63) is 35.4 Å². The molecule has 1 saturated heterocycles. The van der Waals surface area contributed by atoms with Gasteiger partial charge in [-0.3, -0.25) is 9.69 Å². The summed E-state index contributed by atoms with van der Waals surface area (Å²) < 4.78 is 62.9. The number of ketones is 1. The van der Waals surface area contributed by atoms with E-state index in [1.165, 1.54) is 19.1 Å². The smallest absolute Gasteiger partial charge is 0.179 e. The number of benzene rings is 1. The van der Waals surface area contributed by atoms with Crippen LogP contribution in [0.25, 0.3) is 0 Å². The van der Waals surface area contributed by atoms with Crippen LogP contribution in [0.3, 0.4) is 0 Å². The van der Waals surface area contributed by atoms with Crippen LogP contribution < -0.4 is 0 Å². The van der Waals surface area contributed by atoms with Crippen molar-refractivity contribution < 1.29 is 15.8 Å². The first-order valence-electron chi connectivity index (χ1n) is 9.10. The second kappa shape index (κ2) is 4.79. The molecule has 2 heteroatoms. The second-order valence-electron chi connectivity index (χ2n) is 3.75. The maximum absolute atomic E-state index is 12.6. The predicted octanol–water partition coefficient (Wildman–Crippen LogP) is 2.66. The second-order valence-corrected chi connectivity index (χ2v) is 3.75. The number of hydrogen-bond donors (Lipinski definition) is 0. The molecule has 0 aliphatic carbocycles. The molecule has 1 atom stereocenters. The fourth-order valence-electron chi connectivity index (χ4n) is 1.47. The zero-order valence-corrected chi connectivity index (χ0v) is 9.24. The first-order chi connectivity index (χ1) is 10.7. The first-order valence-corrected chi connectivity index (χ1v) is 5.10. The highest BCUT2D eigenvalue weighted by Crippen LogP contribution is 2.15. The molecule has 1 aromatic rings. The Morgan fingerprint density at radius 2 is 1.88 bits per heavy atom. The van der Waals surface area contributed by atoms with Gasteiger partial charge in [-0.2, -0.15) is 0 Å². The summed E-state index contributed by atoms with van der Waals surface area (Å²) in [7, 11) is 0. The Morgan fingerprint density at radius 3 is 2.44 bits per heavy atom. The summed E-state index contributed by atoms with van der Waals surface area (Å²) >= 11 is 0. The molecule has 0 bridgehead atoms. The van der Waals surface area contributed by atoms with Crippen molar-refractivity contribution in [3.8, 4) is 0 Å². The Labute approximate surface area is 109 Å². The number of Topliss-reactive ketones (excluding diaryl/α,β-unsaturated/α-hetero) is 1. The monoisotopic (exact) mass is 225 g/mol. The molecule has 0 aromatic heterocycles. The van der Waals surface area contributed by atoms with E-state index in [2.05, 4.69) is 0 Å². The molecule has 1 fully saturated rings. The minimum atomic E-state index is -3.13. The van der Waals surface area contributed by atoms with Crippen molar-refractivity contribution in [1.82, 2.24) is 4.90 Å². The Morgan fingerprint density at radius 1 is 1.31 bits per heavy atom. The number of likely N-dealkylation sites (tertiary alicyclic amines) is 1. The Hall–Kier alpha value is -1.15. The molecule has 1 unspecified atom stereocenters. The van der Waals surface area contributed by atoms with Crippen molar-refractivity contribution in [2.24, 2.45) is 0 Å². The zero-order chi connectivity index (χ0) is 18.7. The lowest BCUT2D eigenvalue weighted by Gasteiger charge is -2.22. The number of hydrogen-bond acceptors (Lipinski definition) is 2. The molecular formula is C14H19NO. The topological polar surface area (TPSA) is 20.3 Å². The molecule has 2 nitrogen and oxygen atoms in total. The van der Waals surface area contributed by atoms with Crippen LogP contribution >= 0.6 is 0 Å². The van der Waals surface area contributed by atoms with Gasteiger partial charge in [0.2, 0.25) is 0 Å². The summed E-state index contributed by atoms with van der Waals surface area (Å²) in [6.07, 6.45) is -6.27. The van der Waals surface area contributed by atoms with Gasteiger partial charge >= 0.3 is 0 Å². The number of carbonyl (C=O) groups excluding carboxylic acids is 1. The van der Waals surface area contributed by atoms with Crippen LogP contribution in [-0.4, -0.2) is 29.7 Å².